The molecule has 120 valence electrons. The Balaban J connectivity index is 1.54. The van der Waals surface area contributed by atoms with E-state index in [0.717, 1.165) is 28.3 Å². The predicted octanol–water partition coefficient (Wildman–Crippen LogP) is 3.07. The zero-order chi connectivity index (χ0) is 16.4. The van der Waals surface area contributed by atoms with Gasteiger partial charge in [0.25, 0.3) is 0 Å². The Morgan fingerprint density at radius 2 is 1.88 bits per heavy atom. The topological polar surface area (TPSA) is 82.3 Å². The Morgan fingerprint density at radius 3 is 2.75 bits per heavy atom. The van der Waals surface area contributed by atoms with E-state index in [1.54, 1.807) is 6.20 Å². The Bertz CT molecular complexity index is 868. The van der Waals surface area contributed by atoms with Crippen LogP contribution in [0.4, 0.5) is 11.6 Å². The average molecular weight is 320 g/mol. The van der Waals surface area contributed by atoms with Gasteiger partial charge in [0, 0.05) is 12.1 Å². The number of nitrogen functional groups attached to an aromatic ring is 1. The summed E-state index contributed by atoms with van der Waals surface area (Å²) < 4.78 is 10.7. The first kappa shape index (κ1) is 14.3. The second-order valence-electron chi connectivity index (χ2n) is 5.40. The number of nitrogens with zero attached hydrogens (tertiary/aromatic N) is 2. The number of nitrogens with two attached hydrogens (primary N) is 1. The molecule has 0 saturated heterocycles. The third-order valence-electron chi connectivity index (χ3n) is 3.77. The molecule has 0 fully saturated rings. The van der Waals surface area contributed by atoms with Crippen molar-refractivity contribution in [3.8, 4) is 22.8 Å². The maximum atomic E-state index is 5.94. The summed E-state index contributed by atoms with van der Waals surface area (Å²) in [4.78, 5) is 8.81. The van der Waals surface area contributed by atoms with Crippen LogP contribution in [0.1, 0.15) is 5.56 Å². The molecule has 2 aromatic carbocycles. The number of aromatic nitrogens is 2. The van der Waals surface area contributed by atoms with Gasteiger partial charge in [-0.15, -0.1) is 0 Å². The molecule has 1 aliphatic rings. The molecule has 0 spiro atoms. The molecule has 6 heteroatoms. The van der Waals surface area contributed by atoms with Crippen molar-refractivity contribution in [2.24, 2.45) is 0 Å². The molecule has 3 N–H and O–H groups in total. The first-order valence-electron chi connectivity index (χ1n) is 7.60. The van der Waals surface area contributed by atoms with E-state index in [2.05, 4.69) is 15.3 Å². The Hall–Kier alpha value is -3.28. The van der Waals surface area contributed by atoms with Crippen molar-refractivity contribution in [2.45, 2.75) is 6.54 Å². The van der Waals surface area contributed by atoms with Crippen LogP contribution in [0.2, 0.25) is 0 Å². The molecule has 2 heterocycles. The minimum absolute atomic E-state index is 0.268. The van der Waals surface area contributed by atoms with E-state index in [4.69, 9.17) is 15.2 Å². The molecular weight excluding hydrogens is 304 g/mol. The van der Waals surface area contributed by atoms with E-state index >= 15 is 0 Å². The van der Waals surface area contributed by atoms with Crippen molar-refractivity contribution in [1.29, 1.82) is 0 Å². The van der Waals surface area contributed by atoms with Crippen LogP contribution >= 0.6 is 0 Å². The summed E-state index contributed by atoms with van der Waals surface area (Å²) in [6.45, 7) is 0.831. The highest BCUT2D eigenvalue weighted by Gasteiger charge is 2.13. The Kier molecular flexibility index (Phi) is 3.63. The number of benzene rings is 2. The van der Waals surface area contributed by atoms with Gasteiger partial charge in [-0.2, -0.15) is 0 Å². The van der Waals surface area contributed by atoms with Crippen LogP contribution < -0.4 is 20.5 Å². The van der Waals surface area contributed by atoms with Crippen LogP contribution in [-0.2, 0) is 6.54 Å². The summed E-state index contributed by atoms with van der Waals surface area (Å²) in [6, 6.07) is 15.7. The standard InChI is InChI=1S/C18H16N4O2/c19-17-18(22-14(10-20-17)13-4-2-1-3-5-13)21-9-12-6-7-15-16(8-12)24-11-23-15/h1-8,10H,9,11H2,(H2,19,20)(H,21,22). The van der Waals surface area contributed by atoms with Crippen molar-refractivity contribution < 1.29 is 9.47 Å². The molecule has 6 nitrogen and oxygen atoms in total. The highest BCUT2D eigenvalue weighted by molar-refractivity contribution is 5.65. The van der Waals surface area contributed by atoms with Crippen LogP contribution in [0.3, 0.4) is 0 Å². The van der Waals surface area contributed by atoms with Gasteiger partial charge in [0.2, 0.25) is 6.79 Å². The van der Waals surface area contributed by atoms with E-state index in [-0.39, 0.29) is 6.79 Å². The number of hydrogen-bond acceptors (Lipinski definition) is 6. The number of rotatable bonds is 4. The van der Waals surface area contributed by atoms with E-state index in [1.165, 1.54) is 0 Å². The fourth-order valence-corrected chi connectivity index (χ4v) is 2.51. The van der Waals surface area contributed by atoms with Crippen molar-refractivity contribution >= 4 is 11.6 Å². The van der Waals surface area contributed by atoms with E-state index < -0.39 is 0 Å². The molecule has 1 aliphatic heterocycles. The highest BCUT2D eigenvalue weighted by Crippen LogP contribution is 2.32. The molecule has 3 aromatic rings. The molecule has 24 heavy (non-hydrogen) atoms. The lowest BCUT2D eigenvalue weighted by Gasteiger charge is -2.10. The quantitative estimate of drug-likeness (QED) is 0.769. The monoisotopic (exact) mass is 320 g/mol. The Labute approximate surface area is 139 Å². The van der Waals surface area contributed by atoms with Crippen molar-refractivity contribution in [3.05, 3.63) is 60.3 Å². The number of ether oxygens (including phenoxy) is 2. The smallest absolute Gasteiger partial charge is 0.231 e. The number of hydrogen-bond donors (Lipinski definition) is 2. The Morgan fingerprint density at radius 1 is 1.04 bits per heavy atom. The second kappa shape index (κ2) is 6.08. The van der Waals surface area contributed by atoms with Crippen LogP contribution in [0.5, 0.6) is 11.5 Å². The summed E-state index contributed by atoms with van der Waals surface area (Å²) in [7, 11) is 0. The van der Waals surface area contributed by atoms with Crippen LogP contribution in [0, 0.1) is 0 Å². The minimum atomic E-state index is 0.268. The number of nitrogens with one attached hydrogen (secondary N) is 1. The summed E-state index contributed by atoms with van der Waals surface area (Å²) >= 11 is 0. The van der Waals surface area contributed by atoms with Gasteiger partial charge in [-0.05, 0) is 17.7 Å². The minimum Gasteiger partial charge on any atom is -0.454 e. The van der Waals surface area contributed by atoms with Gasteiger partial charge in [-0.1, -0.05) is 36.4 Å². The van der Waals surface area contributed by atoms with E-state index in [0.29, 0.717) is 18.2 Å². The van der Waals surface area contributed by atoms with Crippen molar-refractivity contribution in [1.82, 2.24) is 9.97 Å². The van der Waals surface area contributed by atoms with Crippen molar-refractivity contribution in [3.63, 3.8) is 0 Å². The molecule has 0 amide bonds. The molecule has 0 radical (unpaired) electrons. The first-order chi connectivity index (χ1) is 11.8. The zero-order valence-corrected chi connectivity index (χ0v) is 12.9. The van der Waals surface area contributed by atoms with Gasteiger partial charge in [0.05, 0.1) is 11.9 Å². The van der Waals surface area contributed by atoms with E-state index in [1.807, 2.05) is 48.5 Å². The zero-order valence-electron chi connectivity index (χ0n) is 12.9. The summed E-state index contributed by atoms with van der Waals surface area (Å²) in [6.07, 6.45) is 1.68. The molecule has 0 atom stereocenters. The molecular formula is C18H16N4O2. The lowest BCUT2D eigenvalue weighted by atomic mass is 10.2. The van der Waals surface area contributed by atoms with E-state index in [9.17, 15) is 0 Å². The van der Waals surface area contributed by atoms with Gasteiger partial charge in [-0.3, -0.25) is 0 Å². The lowest BCUT2D eigenvalue weighted by Crippen LogP contribution is -2.06. The second-order valence-corrected chi connectivity index (χ2v) is 5.40. The largest absolute Gasteiger partial charge is 0.454 e. The summed E-state index contributed by atoms with van der Waals surface area (Å²) in [5.41, 5.74) is 8.76. The molecule has 0 bridgehead atoms. The van der Waals surface area contributed by atoms with Gasteiger partial charge < -0.3 is 20.5 Å². The molecule has 0 unspecified atom stereocenters. The van der Waals surface area contributed by atoms with Crippen LogP contribution in [-0.4, -0.2) is 16.8 Å². The summed E-state index contributed by atoms with van der Waals surface area (Å²) in [5, 5.41) is 3.24. The molecule has 4 rings (SSSR count). The molecule has 0 aliphatic carbocycles. The SMILES string of the molecule is Nc1ncc(-c2ccccc2)nc1NCc1ccc2c(c1)OCO2. The van der Waals surface area contributed by atoms with Gasteiger partial charge in [0.1, 0.15) is 0 Å². The highest BCUT2D eigenvalue weighted by atomic mass is 16.7. The first-order valence-corrected chi connectivity index (χ1v) is 7.60. The fraction of sp³-hybridized carbons (Fsp3) is 0.111. The van der Waals surface area contributed by atoms with Gasteiger partial charge in [-0.25, -0.2) is 9.97 Å². The van der Waals surface area contributed by atoms with Gasteiger partial charge >= 0.3 is 0 Å². The number of anilines is 2. The lowest BCUT2D eigenvalue weighted by molar-refractivity contribution is 0.174. The normalized spacial score (nSPS) is 12.2. The third kappa shape index (κ3) is 2.81. The molecule has 0 saturated carbocycles. The third-order valence-corrected chi connectivity index (χ3v) is 3.77. The maximum absolute atomic E-state index is 5.94. The van der Waals surface area contributed by atoms with Gasteiger partial charge in [0.15, 0.2) is 23.1 Å². The average Bonchev–Trinajstić information content (AvgIpc) is 3.09. The maximum Gasteiger partial charge on any atom is 0.231 e. The number of fused-ring (bicyclic) bond motifs is 1. The fourth-order valence-electron chi connectivity index (χ4n) is 2.51. The van der Waals surface area contributed by atoms with Crippen molar-refractivity contribution in [2.75, 3.05) is 17.8 Å². The molecule has 1 aromatic heterocycles. The predicted molar refractivity (Wildman–Crippen MR) is 91.8 cm³/mol. The van der Waals surface area contributed by atoms with Crippen LogP contribution in [0.15, 0.2) is 54.7 Å². The van der Waals surface area contributed by atoms with Crippen LogP contribution in [0.25, 0.3) is 11.3 Å². The summed E-state index contributed by atoms with van der Waals surface area (Å²) in [5.74, 6) is 2.46.